The molecule has 0 bridgehead atoms. The van der Waals surface area contributed by atoms with Crippen molar-refractivity contribution < 1.29 is 8.42 Å². The monoisotopic (exact) mass is 303 g/mol. The van der Waals surface area contributed by atoms with Crippen LogP contribution in [0.4, 0.5) is 5.69 Å². The average Bonchev–Trinajstić information content (AvgIpc) is 2.94. The number of sulfonamides is 1. The molecule has 6 heteroatoms. The van der Waals surface area contributed by atoms with Crippen molar-refractivity contribution in [2.75, 3.05) is 4.72 Å². The van der Waals surface area contributed by atoms with E-state index in [2.05, 4.69) is 9.71 Å². The normalized spacial score (nSPS) is 14.0. The molecule has 0 amide bonds. The van der Waals surface area contributed by atoms with Crippen molar-refractivity contribution in [1.29, 1.82) is 0 Å². The van der Waals surface area contributed by atoms with Gasteiger partial charge in [-0.15, -0.1) is 0 Å². The van der Waals surface area contributed by atoms with Crippen LogP contribution in [0.2, 0.25) is 0 Å². The Morgan fingerprint density at radius 3 is 2.67 bits per heavy atom. The first-order chi connectivity index (χ1) is 10.1. The third-order valence-electron chi connectivity index (χ3n) is 3.67. The lowest BCUT2D eigenvalue weighted by Gasteiger charge is -2.09. The molecule has 0 saturated heterocycles. The van der Waals surface area contributed by atoms with Crippen molar-refractivity contribution in [2.45, 2.75) is 30.7 Å². The summed E-state index contributed by atoms with van der Waals surface area (Å²) in [4.78, 5) is 4.16. The van der Waals surface area contributed by atoms with E-state index in [0.29, 0.717) is 17.9 Å². The molecule has 1 aromatic carbocycles. The zero-order valence-corrected chi connectivity index (χ0v) is 12.4. The van der Waals surface area contributed by atoms with Gasteiger partial charge in [0.2, 0.25) is 0 Å². The third kappa shape index (κ3) is 2.91. The minimum absolute atomic E-state index is 0.139. The average molecular weight is 303 g/mol. The zero-order valence-electron chi connectivity index (χ0n) is 11.5. The number of aryl methyl sites for hydroxylation is 2. The Bertz CT molecular complexity index is 755. The van der Waals surface area contributed by atoms with Gasteiger partial charge in [0.15, 0.2) is 0 Å². The lowest BCUT2D eigenvalue weighted by atomic mass is 10.1. The number of nitrogens with one attached hydrogen (secondary N) is 1. The lowest BCUT2D eigenvalue weighted by Crippen LogP contribution is -2.14. The van der Waals surface area contributed by atoms with Crippen LogP contribution in [0, 0.1) is 0 Å². The van der Waals surface area contributed by atoms with E-state index >= 15 is 0 Å². The highest BCUT2D eigenvalue weighted by molar-refractivity contribution is 7.92. The van der Waals surface area contributed by atoms with E-state index in [1.165, 1.54) is 23.4 Å². The number of benzene rings is 1. The van der Waals surface area contributed by atoms with Gasteiger partial charge in [-0.1, -0.05) is 6.07 Å². The van der Waals surface area contributed by atoms with Crippen molar-refractivity contribution in [3.8, 4) is 0 Å². The van der Waals surface area contributed by atoms with Crippen molar-refractivity contribution in [2.24, 2.45) is 5.73 Å². The molecule has 0 aliphatic heterocycles. The Balaban J connectivity index is 1.85. The van der Waals surface area contributed by atoms with E-state index in [9.17, 15) is 8.42 Å². The minimum atomic E-state index is -3.61. The Morgan fingerprint density at radius 1 is 1.14 bits per heavy atom. The number of aromatic nitrogens is 1. The molecule has 1 aliphatic carbocycles. The Hall–Kier alpha value is -1.92. The number of pyridine rings is 1. The molecule has 0 saturated carbocycles. The summed E-state index contributed by atoms with van der Waals surface area (Å²) in [5.41, 5.74) is 9.25. The van der Waals surface area contributed by atoms with Crippen molar-refractivity contribution >= 4 is 15.7 Å². The summed E-state index contributed by atoms with van der Waals surface area (Å²) < 4.78 is 27.2. The third-order valence-corrected chi connectivity index (χ3v) is 5.03. The van der Waals surface area contributed by atoms with E-state index < -0.39 is 10.0 Å². The Kier molecular flexibility index (Phi) is 3.65. The summed E-state index contributed by atoms with van der Waals surface area (Å²) in [5.74, 6) is 0. The molecule has 1 aliphatic rings. The molecule has 3 N–H and O–H groups in total. The van der Waals surface area contributed by atoms with Gasteiger partial charge in [0.25, 0.3) is 10.0 Å². The van der Waals surface area contributed by atoms with Gasteiger partial charge in [0.1, 0.15) is 4.90 Å². The molecule has 1 aromatic heterocycles. The van der Waals surface area contributed by atoms with E-state index in [-0.39, 0.29) is 4.90 Å². The number of hydrogen-bond donors (Lipinski definition) is 2. The number of hydrogen-bond acceptors (Lipinski definition) is 4. The number of nitrogens with zero attached hydrogens (tertiary/aromatic N) is 1. The first-order valence-electron chi connectivity index (χ1n) is 6.88. The van der Waals surface area contributed by atoms with Crippen LogP contribution in [0.15, 0.2) is 41.4 Å². The highest BCUT2D eigenvalue weighted by Gasteiger charge is 2.17. The summed E-state index contributed by atoms with van der Waals surface area (Å²) >= 11 is 0. The second-order valence-electron chi connectivity index (χ2n) is 5.13. The fourth-order valence-corrected chi connectivity index (χ4v) is 3.53. The molecular weight excluding hydrogens is 286 g/mol. The smallest absolute Gasteiger partial charge is 0.263 e. The standard InChI is InChI=1S/C15H17N3O2S/c16-9-14-6-7-15(10-17-14)21(19,20)18-13-5-4-11-2-1-3-12(11)8-13/h4-8,10,18H,1-3,9,16H2. The molecule has 3 rings (SSSR count). The van der Waals surface area contributed by atoms with Gasteiger partial charge >= 0.3 is 0 Å². The quantitative estimate of drug-likeness (QED) is 0.902. The van der Waals surface area contributed by atoms with Gasteiger partial charge in [-0.3, -0.25) is 9.71 Å². The predicted octanol–water partition coefficient (Wildman–Crippen LogP) is 1.83. The van der Waals surface area contributed by atoms with Crippen molar-refractivity contribution in [3.63, 3.8) is 0 Å². The van der Waals surface area contributed by atoms with Crippen LogP contribution >= 0.6 is 0 Å². The SMILES string of the molecule is NCc1ccc(S(=O)(=O)Nc2ccc3c(c2)CCC3)cn1. The van der Waals surface area contributed by atoms with Crippen molar-refractivity contribution in [3.05, 3.63) is 53.3 Å². The van der Waals surface area contributed by atoms with Crippen LogP contribution in [0.1, 0.15) is 23.2 Å². The molecular formula is C15H17N3O2S. The topological polar surface area (TPSA) is 85.1 Å². The van der Waals surface area contributed by atoms with Gasteiger partial charge in [-0.05, 0) is 54.7 Å². The molecule has 1 heterocycles. The largest absolute Gasteiger partial charge is 0.325 e. The second kappa shape index (κ2) is 5.46. The van der Waals surface area contributed by atoms with Crippen LogP contribution in [-0.2, 0) is 29.4 Å². The summed E-state index contributed by atoms with van der Waals surface area (Å²) in [7, 11) is -3.61. The summed E-state index contributed by atoms with van der Waals surface area (Å²) in [6, 6.07) is 8.86. The zero-order chi connectivity index (χ0) is 14.9. The first kappa shape index (κ1) is 14.0. The van der Waals surface area contributed by atoms with Gasteiger partial charge in [0.05, 0.1) is 5.69 Å². The van der Waals surface area contributed by atoms with Crippen LogP contribution in [0.25, 0.3) is 0 Å². The van der Waals surface area contributed by atoms with Crippen LogP contribution in [-0.4, -0.2) is 13.4 Å². The van der Waals surface area contributed by atoms with Crippen LogP contribution in [0.3, 0.4) is 0 Å². The van der Waals surface area contributed by atoms with E-state index in [1.807, 2.05) is 18.2 Å². The molecule has 0 fully saturated rings. The molecule has 0 unspecified atom stereocenters. The highest BCUT2D eigenvalue weighted by atomic mass is 32.2. The first-order valence-corrected chi connectivity index (χ1v) is 8.36. The molecule has 21 heavy (non-hydrogen) atoms. The highest BCUT2D eigenvalue weighted by Crippen LogP contribution is 2.26. The fraction of sp³-hybridized carbons (Fsp3) is 0.267. The maximum Gasteiger partial charge on any atom is 0.263 e. The molecule has 0 spiro atoms. The van der Waals surface area contributed by atoms with Gasteiger partial charge < -0.3 is 5.73 Å². The summed E-state index contributed by atoms with van der Waals surface area (Å²) in [5, 5.41) is 0. The molecule has 0 atom stereocenters. The van der Waals surface area contributed by atoms with Crippen LogP contribution < -0.4 is 10.5 Å². The van der Waals surface area contributed by atoms with E-state index in [4.69, 9.17) is 5.73 Å². The van der Waals surface area contributed by atoms with E-state index in [1.54, 1.807) is 6.07 Å². The van der Waals surface area contributed by atoms with Gasteiger partial charge in [0, 0.05) is 18.4 Å². The number of anilines is 1. The lowest BCUT2D eigenvalue weighted by molar-refractivity contribution is 0.600. The maximum atomic E-state index is 12.3. The number of nitrogens with two attached hydrogens (primary N) is 1. The summed E-state index contributed by atoms with van der Waals surface area (Å²) in [6.07, 6.45) is 4.55. The predicted molar refractivity (Wildman–Crippen MR) is 81.4 cm³/mol. The maximum absolute atomic E-state index is 12.3. The number of fused-ring (bicyclic) bond motifs is 1. The molecule has 0 radical (unpaired) electrons. The molecule has 2 aromatic rings. The number of rotatable bonds is 4. The fourth-order valence-electron chi connectivity index (χ4n) is 2.54. The Labute approximate surface area is 124 Å². The molecule has 110 valence electrons. The second-order valence-corrected chi connectivity index (χ2v) is 6.81. The van der Waals surface area contributed by atoms with Gasteiger partial charge in [-0.25, -0.2) is 8.42 Å². The Morgan fingerprint density at radius 2 is 1.95 bits per heavy atom. The van der Waals surface area contributed by atoms with E-state index in [0.717, 1.165) is 19.3 Å². The van der Waals surface area contributed by atoms with Gasteiger partial charge in [-0.2, -0.15) is 0 Å². The molecule has 5 nitrogen and oxygen atoms in total. The van der Waals surface area contributed by atoms with Crippen LogP contribution in [0.5, 0.6) is 0 Å². The minimum Gasteiger partial charge on any atom is -0.325 e. The summed E-state index contributed by atoms with van der Waals surface area (Å²) in [6.45, 7) is 0.290. The van der Waals surface area contributed by atoms with Crippen molar-refractivity contribution in [1.82, 2.24) is 4.98 Å².